The van der Waals surface area contributed by atoms with E-state index in [0.717, 1.165) is 29.4 Å². The largest absolute Gasteiger partial charge is 0.490 e. The van der Waals surface area contributed by atoms with Crippen LogP contribution in [0.5, 0.6) is 5.75 Å². The lowest BCUT2D eigenvalue weighted by molar-refractivity contribution is 0.118. The van der Waals surface area contributed by atoms with E-state index in [1.54, 1.807) is 12.1 Å². The molecular formula is C22H25N3O4S. The molecule has 2 N–H and O–H groups in total. The van der Waals surface area contributed by atoms with Crippen molar-refractivity contribution in [2.24, 2.45) is 0 Å². The minimum atomic E-state index is -3.47. The molecule has 0 saturated carbocycles. The number of aliphatic hydroxyl groups excluding tert-OH is 1. The van der Waals surface area contributed by atoms with Crippen LogP contribution in [0.15, 0.2) is 65.7 Å². The molecule has 0 aliphatic carbocycles. The lowest BCUT2D eigenvalue weighted by atomic mass is 10.1. The smallest absolute Gasteiger partial charge is 0.244 e. The molecule has 0 radical (unpaired) electrons. The van der Waals surface area contributed by atoms with Crippen molar-refractivity contribution in [2.75, 3.05) is 31.6 Å². The number of fused-ring (bicyclic) bond motifs is 1. The van der Waals surface area contributed by atoms with Gasteiger partial charge in [-0.1, -0.05) is 36.4 Å². The van der Waals surface area contributed by atoms with Crippen molar-refractivity contribution in [1.29, 1.82) is 0 Å². The van der Waals surface area contributed by atoms with E-state index in [9.17, 15) is 13.5 Å². The standard InChI is InChI=1S/C22H25N3O4S/c26-18(16-29-21-9-5-7-17-6-1-2-8-20(17)21)14-23-22-11-10-19(15-24-22)30(27,28)25-12-3-4-13-25/h1-2,5-11,15,18,26H,3-4,12-14,16H2,(H,23,24). The lowest BCUT2D eigenvalue weighted by Crippen LogP contribution is -2.28. The highest BCUT2D eigenvalue weighted by molar-refractivity contribution is 7.89. The Kier molecular flexibility index (Phi) is 6.17. The first-order valence-electron chi connectivity index (χ1n) is 10.0. The summed E-state index contributed by atoms with van der Waals surface area (Å²) in [6.07, 6.45) is 2.39. The molecule has 0 spiro atoms. The Morgan fingerprint density at radius 2 is 1.83 bits per heavy atom. The summed E-state index contributed by atoms with van der Waals surface area (Å²) in [5.41, 5.74) is 0. The van der Waals surface area contributed by atoms with Gasteiger partial charge in [0.05, 0.1) is 0 Å². The molecule has 1 aromatic heterocycles. The van der Waals surface area contributed by atoms with Gasteiger partial charge in [-0.25, -0.2) is 13.4 Å². The van der Waals surface area contributed by atoms with Crippen molar-refractivity contribution in [3.05, 3.63) is 60.8 Å². The van der Waals surface area contributed by atoms with Gasteiger partial charge >= 0.3 is 0 Å². The molecule has 2 heterocycles. The van der Waals surface area contributed by atoms with Crippen LogP contribution in [0.3, 0.4) is 0 Å². The number of hydrogen-bond donors (Lipinski definition) is 2. The van der Waals surface area contributed by atoms with E-state index in [2.05, 4.69) is 10.3 Å². The van der Waals surface area contributed by atoms with Crippen LogP contribution >= 0.6 is 0 Å². The SMILES string of the molecule is O=S(=O)(c1ccc(NCC(O)COc2cccc3ccccc23)nc1)N1CCCC1. The van der Waals surface area contributed by atoms with Gasteiger partial charge < -0.3 is 15.2 Å². The number of anilines is 1. The van der Waals surface area contributed by atoms with Crippen LogP contribution in [0.2, 0.25) is 0 Å². The molecule has 4 rings (SSSR count). The predicted octanol–water partition coefficient (Wildman–Crippen LogP) is 2.87. The molecule has 1 atom stereocenters. The van der Waals surface area contributed by atoms with E-state index in [1.165, 1.54) is 10.5 Å². The van der Waals surface area contributed by atoms with Gasteiger partial charge in [-0.15, -0.1) is 0 Å². The molecule has 0 bridgehead atoms. The Morgan fingerprint density at radius 3 is 2.60 bits per heavy atom. The average Bonchev–Trinajstić information content (AvgIpc) is 3.32. The Morgan fingerprint density at radius 1 is 1.07 bits per heavy atom. The third kappa shape index (κ3) is 4.56. The quantitative estimate of drug-likeness (QED) is 0.574. The van der Waals surface area contributed by atoms with Crippen molar-refractivity contribution >= 4 is 26.6 Å². The Balaban J connectivity index is 1.31. The lowest BCUT2D eigenvalue weighted by Gasteiger charge is -2.16. The molecule has 1 aliphatic rings. The third-order valence-electron chi connectivity index (χ3n) is 5.14. The Labute approximate surface area is 176 Å². The highest BCUT2D eigenvalue weighted by Crippen LogP contribution is 2.25. The monoisotopic (exact) mass is 427 g/mol. The molecule has 7 nitrogen and oxygen atoms in total. The molecule has 30 heavy (non-hydrogen) atoms. The van der Waals surface area contributed by atoms with Crippen LogP contribution in [0.25, 0.3) is 10.8 Å². The maximum atomic E-state index is 12.5. The normalized spacial score (nSPS) is 15.9. The number of hydrogen-bond acceptors (Lipinski definition) is 6. The van der Waals surface area contributed by atoms with Crippen LogP contribution in [0.1, 0.15) is 12.8 Å². The number of pyridine rings is 1. The van der Waals surface area contributed by atoms with Gasteiger partial charge in [0.1, 0.15) is 29.2 Å². The van der Waals surface area contributed by atoms with Crippen molar-refractivity contribution < 1.29 is 18.3 Å². The second kappa shape index (κ2) is 8.99. The van der Waals surface area contributed by atoms with Crippen molar-refractivity contribution in [3.63, 3.8) is 0 Å². The van der Waals surface area contributed by atoms with Gasteiger partial charge in [-0.2, -0.15) is 4.31 Å². The van der Waals surface area contributed by atoms with Crippen LogP contribution < -0.4 is 10.1 Å². The molecule has 8 heteroatoms. The first-order chi connectivity index (χ1) is 14.5. The molecule has 1 aliphatic heterocycles. The van der Waals surface area contributed by atoms with Crippen LogP contribution in [0, 0.1) is 0 Å². The molecule has 1 saturated heterocycles. The van der Waals surface area contributed by atoms with E-state index in [1.807, 2.05) is 42.5 Å². The highest BCUT2D eigenvalue weighted by atomic mass is 32.2. The summed E-state index contributed by atoms with van der Waals surface area (Å²) in [5, 5.41) is 15.3. The second-order valence-electron chi connectivity index (χ2n) is 7.31. The van der Waals surface area contributed by atoms with Crippen molar-refractivity contribution in [3.8, 4) is 5.75 Å². The summed E-state index contributed by atoms with van der Waals surface area (Å²) < 4.78 is 32.4. The number of ether oxygens (including phenoxy) is 1. The number of benzene rings is 2. The van der Waals surface area contributed by atoms with Crippen LogP contribution in [0.4, 0.5) is 5.82 Å². The van der Waals surface area contributed by atoms with Gasteiger partial charge in [0.15, 0.2) is 0 Å². The van der Waals surface area contributed by atoms with Crippen molar-refractivity contribution in [1.82, 2.24) is 9.29 Å². The fourth-order valence-electron chi connectivity index (χ4n) is 3.50. The first kappa shape index (κ1) is 20.6. The second-order valence-corrected chi connectivity index (χ2v) is 9.25. The molecular weight excluding hydrogens is 402 g/mol. The predicted molar refractivity (Wildman–Crippen MR) is 116 cm³/mol. The minimum absolute atomic E-state index is 0.127. The molecule has 0 amide bonds. The zero-order chi connectivity index (χ0) is 21.0. The maximum Gasteiger partial charge on any atom is 0.244 e. The van der Waals surface area contributed by atoms with Crippen LogP contribution in [-0.4, -0.2) is 55.2 Å². The van der Waals surface area contributed by atoms with Crippen LogP contribution in [-0.2, 0) is 10.0 Å². The summed E-state index contributed by atoms with van der Waals surface area (Å²) in [4.78, 5) is 4.37. The average molecular weight is 428 g/mol. The van der Waals surface area contributed by atoms with E-state index in [-0.39, 0.29) is 18.0 Å². The van der Waals surface area contributed by atoms with Gasteiger partial charge in [0.2, 0.25) is 10.0 Å². The van der Waals surface area contributed by atoms with Crippen molar-refractivity contribution in [2.45, 2.75) is 23.8 Å². The topological polar surface area (TPSA) is 91.8 Å². The molecule has 3 aromatic rings. The summed E-state index contributed by atoms with van der Waals surface area (Å²) in [5.74, 6) is 1.22. The number of aromatic nitrogens is 1. The first-order valence-corrected chi connectivity index (χ1v) is 11.5. The zero-order valence-electron chi connectivity index (χ0n) is 16.6. The van der Waals surface area contributed by atoms with E-state index >= 15 is 0 Å². The Hall–Kier alpha value is -2.68. The molecule has 158 valence electrons. The summed E-state index contributed by atoms with van der Waals surface area (Å²) in [7, 11) is -3.47. The van der Waals surface area contributed by atoms with Gasteiger partial charge in [0.25, 0.3) is 0 Å². The Bertz CT molecular complexity index is 1090. The zero-order valence-corrected chi connectivity index (χ0v) is 17.4. The van der Waals surface area contributed by atoms with Gasteiger partial charge in [-0.05, 0) is 36.4 Å². The molecule has 1 unspecified atom stereocenters. The molecule has 2 aromatic carbocycles. The van der Waals surface area contributed by atoms with E-state index in [4.69, 9.17) is 4.74 Å². The van der Waals surface area contributed by atoms with Gasteiger partial charge in [-0.3, -0.25) is 0 Å². The summed E-state index contributed by atoms with van der Waals surface area (Å²) in [6, 6.07) is 16.9. The van der Waals surface area contributed by atoms with E-state index in [0.29, 0.717) is 18.9 Å². The fourth-order valence-corrected chi connectivity index (χ4v) is 4.97. The summed E-state index contributed by atoms with van der Waals surface area (Å²) in [6.45, 7) is 1.48. The fraction of sp³-hybridized carbons (Fsp3) is 0.318. The summed E-state index contributed by atoms with van der Waals surface area (Å²) >= 11 is 0. The van der Waals surface area contributed by atoms with Gasteiger partial charge in [0, 0.05) is 31.2 Å². The highest BCUT2D eigenvalue weighted by Gasteiger charge is 2.27. The maximum absolute atomic E-state index is 12.5. The molecule has 1 fully saturated rings. The number of sulfonamides is 1. The van der Waals surface area contributed by atoms with E-state index < -0.39 is 16.1 Å². The number of rotatable bonds is 8. The number of nitrogens with one attached hydrogen (secondary N) is 1. The number of nitrogens with zero attached hydrogens (tertiary/aromatic N) is 2. The number of aliphatic hydroxyl groups is 1. The minimum Gasteiger partial charge on any atom is -0.490 e. The third-order valence-corrected chi connectivity index (χ3v) is 7.02.